The molecule has 2 aliphatic rings. The maximum atomic E-state index is 12.7. The Morgan fingerprint density at radius 3 is 2.87 bits per heavy atom. The van der Waals surface area contributed by atoms with E-state index in [1.807, 2.05) is 35.2 Å². The van der Waals surface area contributed by atoms with Crippen molar-refractivity contribution in [2.75, 3.05) is 26.3 Å². The van der Waals surface area contributed by atoms with E-state index in [0.29, 0.717) is 19.0 Å². The van der Waals surface area contributed by atoms with Gasteiger partial charge in [0.25, 0.3) is 0 Å². The van der Waals surface area contributed by atoms with Crippen molar-refractivity contribution in [3.8, 4) is 11.4 Å². The van der Waals surface area contributed by atoms with E-state index in [9.17, 15) is 4.79 Å². The lowest BCUT2D eigenvalue weighted by molar-refractivity contribution is -0.132. The molecule has 4 rings (SSSR count). The van der Waals surface area contributed by atoms with E-state index in [0.717, 1.165) is 31.6 Å². The largest absolute Gasteiger partial charge is 0.379 e. The second kappa shape index (κ2) is 5.73. The highest BCUT2D eigenvalue weighted by Crippen LogP contribution is 2.47. The van der Waals surface area contributed by atoms with Crippen LogP contribution in [0.2, 0.25) is 0 Å². The highest BCUT2D eigenvalue weighted by Gasteiger charge is 2.46. The molecule has 2 fully saturated rings. The van der Waals surface area contributed by atoms with Gasteiger partial charge in [0.2, 0.25) is 5.91 Å². The molecule has 0 N–H and O–H groups in total. The highest BCUT2D eigenvalue weighted by atomic mass is 16.5. The molecule has 2 heterocycles. The number of hydrogen-bond acceptors (Lipinski definition) is 5. The number of hydrogen-bond donors (Lipinski definition) is 0. The summed E-state index contributed by atoms with van der Waals surface area (Å²) in [7, 11) is 0. The monoisotopic (exact) mass is 313 g/mol. The second-order valence-electron chi connectivity index (χ2n) is 6.39. The SMILES string of the molecule is O=C(Cn1nnnc1-c1ccccc1)N1CCOCC2(CC2)C1. The minimum atomic E-state index is 0.0475. The van der Waals surface area contributed by atoms with Crippen molar-refractivity contribution in [2.24, 2.45) is 5.41 Å². The quantitative estimate of drug-likeness (QED) is 0.844. The Kier molecular flexibility index (Phi) is 3.57. The molecule has 1 aliphatic carbocycles. The van der Waals surface area contributed by atoms with Crippen molar-refractivity contribution in [3.63, 3.8) is 0 Å². The number of amides is 1. The summed E-state index contributed by atoms with van der Waals surface area (Å²) in [5.74, 6) is 0.664. The Bertz CT molecular complexity index is 696. The van der Waals surface area contributed by atoms with Crippen LogP contribution in [0.3, 0.4) is 0 Å². The first-order valence-electron chi connectivity index (χ1n) is 7.93. The summed E-state index contributed by atoms with van der Waals surface area (Å²) >= 11 is 0. The molecule has 1 saturated carbocycles. The molecule has 0 unspecified atom stereocenters. The molecule has 7 heteroatoms. The molecule has 23 heavy (non-hydrogen) atoms. The van der Waals surface area contributed by atoms with Crippen molar-refractivity contribution < 1.29 is 9.53 Å². The third-order valence-electron chi connectivity index (χ3n) is 4.60. The summed E-state index contributed by atoms with van der Waals surface area (Å²) in [6.07, 6.45) is 2.30. The number of ether oxygens (including phenoxy) is 1. The minimum absolute atomic E-state index is 0.0475. The molecule has 1 aromatic carbocycles. The van der Waals surface area contributed by atoms with E-state index in [-0.39, 0.29) is 17.9 Å². The molecule has 2 aromatic rings. The molecule has 0 bridgehead atoms. The van der Waals surface area contributed by atoms with Crippen LogP contribution in [0.1, 0.15) is 12.8 Å². The van der Waals surface area contributed by atoms with Gasteiger partial charge in [0.15, 0.2) is 5.82 Å². The maximum absolute atomic E-state index is 12.7. The predicted octanol–water partition coefficient (Wildman–Crippen LogP) is 0.979. The van der Waals surface area contributed by atoms with E-state index in [1.54, 1.807) is 4.68 Å². The molecular formula is C16H19N5O2. The van der Waals surface area contributed by atoms with Gasteiger partial charge in [0.1, 0.15) is 6.54 Å². The number of carbonyl (C=O) groups is 1. The maximum Gasteiger partial charge on any atom is 0.244 e. The van der Waals surface area contributed by atoms with Crippen molar-refractivity contribution in [1.29, 1.82) is 0 Å². The van der Waals surface area contributed by atoms with Crippen LogP contribution < -0.4 is 0 Å². The molecule has 1 aliphatic heterocycles. The fourth-order valence-electron chi connectivity index (χ4n) is 3.02. The van der Waals surface area contributed by atoms with Gasteiger partial charge in [0, 0.05) is 24.1 Å². The fourth-order valence-corrected chi connectivity index (χ4v) is 3.02. The van der Waals surface area contributed by atoms with Crippen LogP contribution in [0.15, 0.2) is 30.3 Å². The average Bonchev–Trinajstić information content (AvgIpc) is 3.26. The first-order valence-corrected chi connectivity index (χ1v) is 7.93. The molecule has 0 atom stereocenters. The van der Waals surface area contributed by atoms with Crippen LogP contribution in [-0.2, 0) is 16.1 Å². The van der Waals surface area contributed by atoms with Crippen LogP contribution in [-0.4, -0.2) is 57.3 Å². The molecule has 1 aromatic heterocycles. The lowest BCUT2D eigenvalue weighted by Gasteiger charge is -2.23. The number of carbonyl (C=O) groups excluding carboxylic acids is 1. The molecule has 0 radical (unpaired) electrons. The summed E-state index contributed by atoms with van der Waals surface area (Å²) in [6, 6.07) is 9.67. The van der Waals surface area contributed by atoms with Crippen LogP contribution in [0, 0.1) is 5.41 Å². The number of tetrazole rings is 1. The van der Waals surface area contributed by atoms with Crippen LogP contribution in [0.5, 0.6) is 0 Å². The van der Waals surface area contributed by atoms with Crippen molar-refractivity contribution in [3.05, 3.63) is 30.3 Å². The second-order valence-corrected chi connectivity index (χ2v) is 6.39. The van der Waals surface area contributed by atoms with Gasteiger partial charge in [-0.2, -0.15) is 0 Å². The zero-order valence-corrected chi connectivity index (χ0v) is 12.9. The summed E-state index contributed by atoms with van der Waals surface area (Å²) in [5.41, 5.74) is 1.11. The van der Waals surface area contributed by atoms with Crippen LogP contribution in [0.4, 0.5) is 0 Å². The average molecular weight is 313 g/mol. The number of aromatic nitrogens is 4. The number of nitrogens with zero attached hydrogens (tertiary/aromatic N) is 5. The van der Waals surface area contributed by atoms with Crippen molar-refractivity contribution in [2.45, 2.75) is 19.4 Å². The first-order chi connectivity index (χ1) is 11.3. The van der Waals surface area contributed by atoms with Crippen LogP contribution >= 0.6 is 0 Å². The molecule has 7 nitrogen and oxygen atoms in total. The Labute approximate surface area is 134 Å². The van der Waals surface area contributed by atoms with E-state index in [4.69, 9.17) is 4.74 Å². The normalized spacial score (nSPS) is 19.6. The van der Waals surface area contributed by atoms with E-state index in [1.165, 1.54) is 0 Å². The summed E-state index contributed by atoms with van der Waals surface area (Å²) in [4.78, 5) is 14.6. The third kappa shape index (κ3) is 2.96. The van der Waals surface area contributed by atoms with Gasteiger partial charge in [-0.1, -0.05) is 30.3 Å². The fraction of sp³-hybridized carbons (Fsp3) is 0.500. The first kappa shape index (κ1) is 14.3. The summed E-state index contributed by atoms with van der Waals surface area (Å²) in [6.45, 7) is 2.97. The Morgan fingerprint density at radius 2 is 2.09 bits per heavy atom. The smallest absolute Gasteiger partial charge is 0.244 e. The zero-order valence-electron chi connectivity index (χ0n) is 12.9. The standard InChI is InChI=1S/C16H19N5O2/c22-14(20-8-9-23-12-16(11-20)6-7-16)10-21-15(17-18-19-21)13-4-2-1-3-5-13/h1-5H,6-12H2. The Morgan fingerprint density at radius 1 is 1.26 bits per heavy atom. The van der Waals surface area contributed by atoms with Gasteiger partial charge >= 0.3 is 0 Å². The molecular weight excluding hydrogens is 294 g/mol. The zero-order chi connectivity index (χ0) is 15.7. The van der Waals surface area contributed by atoms with Crippen molar-refractivity contribution in [1.82, 2.24) is 25.1 Å². The predicted molar refractivity (Wildman–Crippen MR) is 82.3 cm³/mol. The molecule has 120 valence electrons. The van der Waals surface area contributed by atoms with E-state index in [2.05, 4.69) is 15.5 Å². The minimum Gasteiger partial charge on any atom is -0.379 e. The van der Waals surface area contributed by atoms with Gasteiger partial charge in [-0.15, -0.1) is 5.10 Å². The Balaban J connectivity index is 1.50. The van der Waals surface area contributed by atoms with Crippen molar-refractivity contribution >= 4 is 5.91 Å². The lowest BCUT2D eigenvalue weighted by atomic mass is 10.1. The summed E-state index contributed by atoms with van der Waals surface area (Å²) in [5, 5.41) is 11.8. The number of rotatable bonds is 3. The van der Waals surface area contributed by atoms with Gasteiger partial charge < -0.3 is 9.64 Å². The molecule has 1 spiro atoms. The van der Waals surface area contributed by atoms with Crippen LogP contribution in [0.25, 0.3) is 11.4 Å². The van der Waals surface area contributed by atoms with Gasteiger partial charge in [-0.25, -0.2) is 4.68 Å². The topological polar surface area (TPSA) is 73.1 Å². The number of benzene rings is 1. The Hall–Kier alpha value is -2.28. The highest BCUT2D eigenvalue weighted by molar-refractivity contribution is 5.76. The van der Waals surface area contributed by atoms with Gasteiger partial charge in [-0.05, 0) is 23.3 Å². The van der Waals surface area contributed by atoms with E-state index < -0.39 is 0 Å². The van der Waals surface area contributed by atoms with Gasteiger partial charge in [0.05, 0.1) is 13.2 Å². The lowest BCUT2D eigenvalue weighted by Crippen LogP contribution is -2.38. The third-order valence-corrected chi connectivity index (χ3v) is 4.60. The van der Waals surface area contributed by atoms with E-state index >= 15 is 0 Å². The molecule has 1 amide bonds. The van der Waals surface area contributed by atoms with Gasteiger partial charge in [-0.3, -0.25) is 4.79 Å². The molecule has 1 saturated heterocycles. The summed E-state index contributed by atoms with van der Waals surface area (Å²) < 4.78 is 7.21.